The maximum Gasteiger partial charge on any atom is 0.472 e. The van der Waals surface area contributed by atoms with Gasteiger partial charge in [0.2, 0.25) is 0 Å². The highest BCUT2D eigenvalue weighted by Crippen LogP contribution is 2.48. The van der Waals surface area contributed by atoms with Gasteiger partial charge < -0.3 is 14.4 Å². The van der Waals surface area contributed by atoms with Crippen LogP contribution in [0.5, 0.6) is 0 Å². The Balaban J connectivity index is 1.89. The molecule has 7 unspecified atom stereocenters. The lowest BCUT2D eigenvalue weighted by molar-refractivity contribution is -0.00745. The predicted octanol–water partition coefficient (Wildman–Crippen LogP) is 2.37. The molecule has 2 saturated heterocycles. The molecule has 25 heavy (non-hydrogen) atoms. The fourth-order valence-electron chi connectivity index (χ4n) is 3.57. The summed E-state index contributed by atoms with van der Waals surface area (Å²) in [5, 5.41) is 0. The van der Waals surface area contributed by atoms with E-state index in [-0.39, 0.29) is 30.7 Å². The van der Waals surface area contributed by atoms with E-state index >= 15 is 0 Å². The molecule has 4 radical (unpaired) electrons. The summed E-state index contributed by atoms with van der Waals surface area (Å²) in [4.78, 5) is 10.1. The maximum absolute atomic E-state index is 12.4. The van der Waals surface area contributed by atoms with Crippen molar-refractivity contribution in [1.29, 1.82) is 0 Å². The lowest BCUT2D eigenvalue weighted by atomic mass is 9.84. The van der Waals surface area contributed by atoms with Crippen LogP contribution in [0.1, 0.15) is 47.0 Å². The molecule has 0 spiro atoms. The normalized spacial score (nSPS) is 38.5. The van der Waals surface area contributed by atoms with E-state index in [9.17, 15) is 9.46 Å². The third-order valence-corrected chi connectivity index (χ3v) is 5.80. The van der Waals surface area contributed by atoms with Crippen LogP contribution < -0.4 is 0 Å². The van der Waals surface area contributed by atoms with Crippen molar-refractivity contribution in [2.75, 3.05) is 6.61 Å². The summed E-state index contributed by atoms with van der Waals surface area (Å²) in [6.07, 6.45) is 0.607. The van der Waals surface area contributed by atoms with Gasteiger partial charge in [-0.2, -0.15) is 0 Å². The Bertz CT molecular complexity index is 478. The minimum absolute atomic E-state index is 0.0290. The molecule has 9 heteroatoms. The average Bonchev–Trinajstić information content (AvgIpc) is 2.99. The third-order valence-electron chi connectivity index (χ3n) is 4.79. The molecule has 2 rings (SSSR count). The fraction of sp³-hybridized carbons (Fsp3) is 1.00. The first-order chi connectivity index (χ1) is 11.6. The Morgan fingerprint density at radius 2 is 1.72 bits per heavy atom. The Hall–Kier alpha value is 0.160. The van der Waals surface area contributed by atoms with Crippen LogP contribution in [0.2, 0.25) is 0 Å². The van der Waals surface area contributed by atoms with E-state index < -0.39 is 19.9 Å². The summed E-state index contributed by atoms with van der Waals surface area (Å²) in [5.74, 6) is 0.894. The Labute approximate surface area is 153 Å². The molecule has 2 heterocycles. The average molecular weight is 370 g/mol. The zero-order chi connectivity index (χ0) is 18.8. The lowest BCUT2D eigenvalue weighted by Crippen LogP contribution is -2.28. The molecule has 0 aromatic heterocycles. The van der Waals surface area contributed by atoms with Gasteiger partial charge >= 0.3 is 7.82 Å². The molecular formula is C16H29B2O6P. The van der Waals surface area contributed by atoms with E-state index in [2.05, 4.69) is 13.8 Å². The van der Waals surface area contributed by atoms with Gasteiger partial charge in [-0.25, -0.2) is 4.57 Å². The van der Waals surface area contributed by atoms with Crippen molar-refractivity contribution in [3.63, 3.8) is 0 Å². The summed E-state index contributed by atoms with van der Waals surface area (Å²) in [6, 6.07) is -0.855. The van der Waals surface area contributed by atoms with Gasteiger partial charge in [-0.05, 0) is 37.0 Å². The maximum atomic E-state index is 12.4. The lowest BCUT2D eigenvalue weighted by Gasteiger charge is -2.25. The summed E-state index contributed by atoms with van der Waals surface area (Å²) in [7, 11) is 7.40. The second-order valence-electron chi connectivity index (χ2n) is 7.84. The molecule has 0 aromatic carbocycles. The summed E-state index contributed by atoms with van der Waals surface area (Å²) < 4.78 is 34.1. The SMILES string of the molecule is [B]C1CC(OP(=O)(O)OCC2OC([B])CC2C(C)C)C(CC(C)C)O1. The van der Waals surface area contributed by atoms with Crippen LogP contribution in [0, 0.1) is 17.8 Å². The minimum Gasteiger partial charge on any atom is -0.382 e. The molecular weight excluding hydrogens is 341 g/mol. The van der Waals surface area contributed by atoms with Crippen LogP contribution in [0.3, 0.4) is 0 Å². The van der Waals surface area contributed by atoms with Crippen molar-refractivity contribution in [3.8, 4) is 0 Å². The van der Waals surface area contributed by atoms with Crippen molar-refractivity contribution in [2.45, 2.75) is 77.3 Å². The van der Waals surface area contributed by atoms with E-state index in [4.69, 9.17) is 34.2 Å². The van der Waals surface area contributed by atoms with E-state index in [0.717, 1.165) is 0 Å². The van der Waals surface area contributed by atoms with E-state index in [1.165, 1.54) is 0 Å². The highest BCUT2D eigenvalue weighted by molar-refractivity contribution is 7.47. The highest BCUT2D eigenvalue weighted by Gasteiger charge is 2.41. The number of ether oxygens (including phenoxy) is 2. The summed E-state index contributed by atoms with van der Waals surface area (Å²) >= 11 is 0. The van der Waals surface area contributed by atoms with Crippen molar-refractivity contribution in [2.24, 2.45) is 17.8 Å². The van der Waals surface area contributed by atoms with Crippen molar-refractivity contribution >= 4 is 23.5 Å². The van der Waals surface area contributed by atoms with E-state index in [1.807, 2.05) is 13.8 Å². The smallest absolute Gasteiger partial charge is 0.382 e. The number of phosphoric acid groups is 1. The molecule has 0 aliphatic carbocycles. The van der Waals surface area contributed by atoms with Gasteiger partial charge in [0.15, 0.2) is 0 Å². The standard InChI is InChI=1S/C16H29B2O6P/c1-9(2)5-12-13(7-16(18)22-12)24-25(19,20)21-8-14-11(10(3)4)6-15(17)23-14/h9-16H,5-8H2,1-4H3,(H,19,20). The zero-order valence-corrected chi connectivity index (χ0v) is 16.4. The quantitative estimate of drug-likeness (QED) is 0.523. The zero-order valence-electron chi connectivity index (χ0n) is 15.5. The highest BCUT2D eigenvalue weighted by atomic mass is 31.2. The van der Waals surface area contributed by atoms with Crippen LogP contribution in [-0.4, -0.2) is 57.5 Å². The van der Waals surface area contributed by atoms with Gasteiger partial charge in [-0.15, -0.1) is 0 Å². The van der Waals surface area contributed by atoms with Crippen molar-refractivity contribution in [1.82, 2.24) is 0 Å². The number of hydrogen-bond acceptors (Lipinski definition) is 5. The van der Waals surface area contributed by atoms with Gasteiger partial charge in [0.1, 0.15) is 15.7 Å². The van der Waals surface area contributed by atoms with Gasteiger partial charge in [-0.3, -0.25) is 9.05 Å². The van der Waals surface area contributed by atoms with E-state index in [0.29, 0.717) is 31.1 Å². The third kappa shape index (κ3) is 6.37. The van der Waals surface area contributed by atoms with Gasteiger partial charge in [0.05, 0.1) is 24.9 Å². The second-order valence-corrected chi connectivity index (χ2v) is 9.25. The van der Waals surface area contributed by atoms with Crippen LogP contribution in [0.15, 0.2) is 0 Å². The minimum atomic E-state index is -4.23. The first-order valence-corrected chi connectivity index (χ1v) is 10.5. The van der Waals surface area contributed by atoms with Crippen LogP contribution in [-0.2, 0) is 23.1 Å². The monoisotopic (exact) mass is 370 g/mol. The van der Waals surface area contributed by atoms with Gasteiger partial charge in [0.25, 0.3) is 0 Å². The molecule has 1 N–H and O–H groups in total. The topological polar surface area (TPSA) is 74.2 Å². The van der Waals surface area contributed by atoms with Crippen LogP contribution in [0.25, 0.3) is 0 Å². The molecule has 2 aliphatic rings. The molecule has 7 atom stereocenters. The van der Waals surface area contributed by atoms with Crippen molar-refractivity contribution < 1.29 is 28.0 Å². The number of rotatable bonds is 8. The molecule has 2 aliphatic heterocycles. The predicted molar refractivity (Wildman–Crippen MR) is 96.5 cm³/mol. The first-order valence-electron chi connectivity index (χ1n) is 9.05. The Kier molecular flexibility index (Phi) is 7.64. The van der Waals surface area contributed by atoms with Gasteiger partial charge in [-0.1, -0.05) is 27.7 Å². The second kappa shape index (κ2) is 8.90. The number of hydrogen-bond donors (Lipinski definition) is 1. The van der Waals surface area contributed by atoms with E-state index in [1.54, 1.807) is 0 Å². The first kappa shape index (κ1) is 21.5. The molecule has 0 amide bonds. The fourth-order valence-corrected chi connectivity index (χ4v) is 4.53. The summed E-state index contributed by atoms with van der Waals surface area (Å²) in [5.41, 5.74) is 0. The largest absolute Gasteiger partial charge is 0.472 e. The molecule has 0 saturated carbocycles. The molecule has 0 bridgehead atoms. The molecule has 6 nitrogen and oxygen atoms in total. The Morgan fingerprint density at radius 3 is 2.32 bits per heavy atom. The number of phosphoric ester groups is 1. The Morgan fingerprint density at radius 1 is 1.12 bits per heavy atom. The molecule has 2 fully saturated rings. The molecule has 0 aromatic rings. The van der Waals surface area contributed by atoms with Crippen molar-refractivity contribution in [3.05, 3.63) is 0 Å². The summed E-state index contributed by atoms with van der Waals surface area (Å²) in [6.45, 7) is 8.21. The molecule has 140 valence electrons. The van der Waals surface area contributed by atoms with Gasteiger partial charge in [0, 0.05) is 12.0 Å². The van der Waals surface area contributed by atoms with Crippen LogP contribution >= 0.6 is 7.82 Å². The van der Waals surface area contributed by atoms with Crippen LogP contribution in [0.4, 0.5) is 0 Å².